The summed E-state index contributed by atoms with van der Waals surface area (Å²) in [5, 5.41) is 0. The van der Waals surface area contributed by atoms with Gasteiger partial charge in [0.15, 0.2) is 6.17 Å². The summed E-state index contributed by atoms with van der Waals surface area (Å²) in [7, 11) is -6.15. The average Bonchev–Trinajstić information content (AvgIpc) is 1.83. The van der Waals surface area contributed by atoms with Crippen molar-refractivity contribution in [1.29, 1.82) is 0 Å². The SMILES string of the molecule is CCC(F)C(F)(F)P(=O)(O)F. The molecule has 0 amide bonds. The summed E-state index contributed by atoms with van der Waals surface area (Å²) < 4.78 is 57.7. The molecule has 0 aliphatic heterocycles. The van der Waals surface area contributed by atoms with E-state index in [1.807, 2.05) is 0 Å². The van der Waals surface area contributed by atoms with Gasteiger partial charge in [0.05, 0.1) is 0 Å². The highest BCUT2D eigenvalue weighted by molar-refractivity contribution is 7.53. The van der Waals surface area contributed by atoms with E-state index in [0.717, 1.165) is 6.92 Å². The Kier molecular flexibility index (Phi) is 3.08. The second kappa shape index (κ2) is 3.11. The Hall–Kier alpha value is -0.0900. The lowest BCUT2D eigenvalue weighted by molar-refractivity contribution is -0.0139. The van der Waals surface area contributed by atoms with Crippen molar-refractivity contribution in [2.75, 3.05) is 0 Å². The summed E-state index contributed by atoms with van der Waals surface area (Å²) in [5.74, 6) is 0. The minimum absolute atomic E-state index is 0.707. The number of halogens is 4. The molecule has 0 saturated heterocycles. The van der Waals surface area contributed by atoms with Crippen molar-refractivity contribution in [2.24, 2.45) is 0 Å². The van der Waals surface area contributed by atoms with Crippen LogP contribution in [0.25, 0.3) is 0 Å². The van der Waals surface area contributed by atoms with Gasteiger partial charge in [0.1, 0.15) is 0 Å². The maximum atomic E-state index is 12.1. The molecule has 11 heavy (non-hydrogen) atoms. The van der Waals surface area contributed by atoms with Crippen LogP contribution in [-0.2, 0) is 4.57 Å². The van der Waals surface area contributed by atoms with Gasteiger partial charge in [0.25, 0.3) is 0 Å². The van der Waals surface area contributed by atoms with Gasteiger partial charge in [-0.3, -0.25) is 0 Å². The summed E-state index contributed by atoms with van der Waals surface area (Å²) in [6.45, 7) is 1.02. The Morgan fingerprint density at radius 3 is 2.09 bits per heavy atom. The first kappa shape index (κ1) is 10.9. The van der Waals surface area contributed by atoms with Crippen molar-refractivity contribution >= 4 is 7.68 Å². The Bertz CT molecular complexity index is 177. The summed E-state index contributed by atoms with van der Waals surface area (Å²) in [5.41, 5.74) is -4.78. The standard InChI is InChI=1S/C4H7F4O2P/c1-2-3(5)4(6,7)11(8,9)10/h3H,2H2,1H3,(H,9,10). The van der Waals surface area contributed by atoms with Crippen molar-refractivity contribution in [2.45, 2.75) is 25.2 Å². The normalized spacial score (nSPS) is 20.9. The van der Waals surface area contributed by atoms with Gasteiger partial charge >= 0.3 is 13.3 Å². The number of alkyl halides is 3. The van der Waals surface area contributed by atoms with Gasteiger partial charge in [-0.15, -0.1) is 0 Å². The third-order valence-electron chi connectivity index (χ3n) is 1.10. The van der Waals surface area contributed by atoms with E-state index in [2.05, 4.69) is 0 Å². The fourth-order valence-corrected chi connectivity index (χ4v) is 0.947. The van der Waals surface area contributed by atoms with Crippen molar-refractivity contribution < 1.29 is 26.8 Å². The van der Waals surface area contributed by atoms with Crippen molar-refractivity contribution in [3.8, 4) is 0 Å². The Labute approximate surface area is 60.8 Å². The van der Waals surface area contributed by atoms with Crippen LogP contribution >= 0.6 is 7.68 Å². The maximum Gasteiger partial charge on any atom is 0.435 e. The summed E-state index contributed by atoms with van der Waals surface area (Å²) in [6.07, 6.45) is -3.62. The van der Waals surface area contributed by atoms with Crippen LogP contribution in [0.4, 0.5) is 17.4 Å². The van der Waals surface area contributed by atoms with Crippen LogP contribution in [0.2, 0.25) is 0 Å². The van der Waals surface area contributed by atoms with Crippen LogP contribution in [0.15, 0.2) is 0 Å². The molecular weight excluding hydrogens is 187 g/mol. The molecule has 0 aliphatic carbocycles. The van der Waals surface area contributed by atoms with Gasteiger partial charge in [-0.1, -0.05) is 6.92 Å². The minimum atomic E-state index is -6.15. The highest BCUT2D eigenvalue weighted by Crippen LogP contribution is 2.60. The summed E-state index contributed by atoms with van der Waals surface area (Å²) in [6, 6.07) is 0. The van der Waals surface area contributed by atoms with E-state index in [0.29, 0.717) is 0 Å². The largest absolute Gasteiger partial charge is 0.435 e. The molecule has 2 nitrogen and oxygen atoms in total. The van der Waals surface area contributed by atoms with Crippen LogP contribution in [0.1, 0.15) is 13.3 Å². The van der Waals surface area contributed by atoms with Crippen LogP contribution in [0, 0.1) is 0 Å². The molecule has 7 heteroatoms. The van der Waals surface area contributed by atoms with Gasteiger partial charge in [0, 0.05) is 0 Å². The lowest BCUT2D eigenvalue weighted by atomic mass is 10.3. The molecule has 0 aromatic heterocycles. The Morgan fingerprint density at radius 1 is 1.64 bits per heavy atom. The van der Waals surface area contributed by atoms with E-state index < -0.39 is 25.9 Å². The maximum absolute atomic E-state index is 12.1. The molecule has 0 fully saturated rings. The molecule has 0 bridgehead atoms. The number of rotatable bonds is 3. The fourth-order valence-electron chi connectivity index (χ4n) is 0.418. The zero-order valence-corrected chi connectivity index (χ0v) is 6.49. The van der Waals surface area contributed by atoms with Gasteiger partial charge in [0.2, 0.25) is 0 Å². The fraction of sp³-hybridized carbons (Fsp3) is 1.00. The highest BCUT2D eigenvalue weighted by Gasteiger charge is 2.56. The van der Waals surface area contributed by atoms with E-state index in [-0.39, 0.29) is 0 Å². The Balaban J connectivity index is 4.59. The van der Waals surface area contributed by atoms with Crippen LogP contribution < -0.4 is 0 Å². The first-order valence-corrected chi connectivity index (χ1v) is 4.33. The first-order valence-electron chi connectivity index (χ1n) is 2.78. The molecule has 2 unspecified atom stereocenters. The van der Waals surface area contributed by atoms with Crippen molar-refractivity contribution in [3.63, 3.8) is 0 Å². The molecule has 0 rings (SSSR count). The van der Waals surface area contributed by atoms with Gasteiger partial charge in [-0.25, -0.2) is 8.96 Å². The van der Waals surface area contributed by atoms with E-state index in [4.69, 9.17) is 4.89 Å². The van der Waals surface area contributed by atoms with Crippen LogP contribution in [0.3, 0.4) is 0 Å². The lowest BCUT2D eigenvalue weighted by Crippen LogP contribution is -2.27. The summed E-state index contributed by atoms with van der Waals surface area (Å²) in [4.78, 5) is 7.75. The molecule has 0 aliphatic rings. The first-order chi connectivity index (χ1) is 4.73. The molecule has 0 aromatic rings. The van der Waals surface area contributed by atoms with Gasteiger partial charge in [-0.2, -0.15) is 13.0 Å². The predicted octanol–water partition coefficient (Wildman–Crippen LogP) is 2.48. The zero-order chi connectivity index (χ0) is 9.28. The highest BCUT2D eigenvalue weighted by atomic mass is 31.2. The molecule has 2 atom stereocenters. The smallest absolute Gasteiger partial charge is 0.317 e. The number of hydrogen-bond acceptors (Lipinski definition) is 1. The van der Waals surface area contributed by atoms with E-state index in [9.17, 15) is 21.9 Å². The van der Waals surface area contributed by atoms with E-state index in [1.165, 1.54) is 0 Å². The molecule has 0 aromatic carbocycles. The predicted molar refractivity (Wildman–Crippen MR) is 31.1 cm³/mol. The van der Waals surface area contributed by atoms with Gasteiger partial charge < -0.3 is 4.89 Å². The molecule has 1 N–H and O–H groups in total. The number of hydrogen-bond donors (Lipinski definition) is 1. The molecule has 0 heterocycles. The third kappa shape index (κ3) is 2.17. The molecule has 0 radical (unpaired) electrons. The second-order valence-electron chi connectivity index (χ2n) is 1.97. The topological polar surface area (TPSA) is 37.3 Å². The minimum Gasteiger partial charge on any atom is -0.317 e. The molecule has 68 valence electrons. The van der Waals surface area contributed by atoms with E-state index >= 15 is 0 Å². The average molecular weight is 194 g/mol. The third-order valence-corrected chi connectivity index (χ3v) is 2.12. The zero-order valence-electron chi connectivity index (χ0n) is 5.60. The van der Waals surface area contributed by atoms with Crippen LogP contribution in [-0.4, -0.2) is 16.7 Å². The Morgan fingerprint density at radius 2 is 2.00 bits per heavy atom. The second-order valence-corrected chi connectivity index (χ2v) is 3.57. The molecule has 0 saturated carbocycles. The van der Waals surface area contributed by atoms with Crippen molar-refractivity contribution in [1.82, 2.24) is 0 Å². The monoisotopic (exact) mass is 194 g/mol. The molecular formula is C4H7F4O2P. The lowest BCUT2D eigenvalue weighted by Gasteiger charge is -2.18. The van der Waals surface area contributed by atoms with E-state index in [1.54, 1.807) is 0 Å². The van der Waals surface area contributed by atoms with Crippen molar-refractivity contribution in [3.05, 3.63) is 0 Å². The molecule has 0 spiro atoms. The van der Waals surface area contributed by atoms with Gasteiger partial charge in [-0.05, 0) is 6.42 Å². The quantitative estimate of drug-likeness (QED) is 0.553. The summed E-state index contributed by atoms with van der Waals surface area (Å²) >= 11 is 0. The van der Waals surface area contributed by atoms with Crippen LogP contribution in [0.5, 0.6) is 0 Å².